The van der Waals surface area contributed by atoms with Gasteiger partial charge in [-0.3, -0.25) is 0 Å². The van der Waals surface area contributed by atoms with Crippen LogP contribution in [-0.4, -0.2) is 12.7 Å². The van der Waals surface area contributed by atoms with Crippen LogP contribution in [0.25, 0.3) is 0 Å². The summed E-state index contributed by atoms with van der Waals surface area (Å²) in [6, 6.07) is 13.9. The fraction of sp³-hybridized carbons (Fsp3) is 0.294. The predicted octanol–water partition coefficient (Wildman–Crippen LogP) is 3.14. The third-order valence-electron chi connectivity index (χ3n) is 3.70. The number of para-hydroxylation sites is 1. The summed E-state index contributed by atoms with van der Waals surface area (Å²) in [4.78, 5) is 0. The number of benzene rings is 2. The zero-order chi connectivity index (χ0) is 14.1. The molecule has 3 heteroatoms. The second-order valence-corrected chi connectivity index (χ2v) is 5.30. The van der Waals surface area contributed by atoms with Crippen LogP contribution >= 0.6 is 0 Å². The molecule has 0 amide bonds. The molecule has 0 radical (unpaired) electrons. The lowest BCUT2D eigenvalue weighted by atomic mass is 9.99. The van der Waals surface area contributed by atoms with E-state index in [1.807, 2.05) is 37.3 Å². The SMILES string of the molecule is Cc1ccc(C)c(OC2COc3ccccc3C2N)c1. The van der Waals surface area contributed by atoms with E-state index < -0.39 is 0 Å². The van der Waals surface area contributed by atoms with Crippen LogP contribution in [-0.2, 0) is 0 Å². The van der Waals surface area contributed by atoms with E-state index in [0.29, 0.717) is 6.61 Å². The highest BCUT2D eigenvalue weighted by molar-refractivity contribution is 5.40. The zero-order valence-corrected chi connectivity index (χ0v) is 11.8. The summed E-state index contributed by atoms with van der Waals surface area (Å²) >= 11 is 0. The molecule has 0 bridgehead atoms. The molecule has 0 aliphatic carbocycles. The first kappa shape index (κ1) is 13.0. The molecule has 20 heavy (non-hydrogen) atoms. The van der Waals surface area contributed by atoms with Gasteiger partial charge in [0, 0.05) is 5.56 Å². The van der Waals surface area contributed by atoms with E-state index in [-0.39, 0.29) is 12.1 Å². The van der Waals surface area contributed by atoms with Crippen LogP contribution in [0.1, 0.15) is 22.7 Å². The molecule has 2 aromatic rings. The van der Waals surface area contributed by atoms with Crippen molar-refractivity contribution in [3.05, 3.63) is 59.2 Å². The molecule has 2 N–H and O–H groups in total. The van der Waals surface area contributed by atoms with Crippen molar-refractivity contribution in [2.75, 3.05) is 6.61 Å². The molecule has 1 heterocycles. The Morgan fingerprint density at radius 3 is 2.80 bits per heavy atom. The Morgan fingerprint density at radius 2 is 1.95 bits per heavy atom. The van der Waals surface area contributed by atoms with Gasteiger partial charge in [0.25, 0.3) is 0 Å². The van der Waals surface area contributed by atoms with Crippen molar-refractivity contribution in [3.8, 4) is 11.5 Å². The number of hydrogen-bond acceptors (Lipinski definition) is 3. The highest BCUT2D eigenvalue weighted by atomic mass is 16.5. The van der Waals surface area contributed by atoms with Gasteiger partial charge in [-0.1, -0.05) is 30.3 Å². The van der Waals surface area contributed by atoms with Gasteiger partial charge in [-0.25, -0.2) is 0 Å². The van der Waals surface area contributed by atoms with E-state index in [0.717, 1.165) is 22.6 Å². The van der Waals surface area contributed by atoms with Crippen LogP contribution in [0, 0.1) is 13.8 Å². The van der Waals surface area contributed by atoms with E-state index in [2.05, 4.69) is 19.1 Å². The number of fused-ring (bicyclic) bond motifs is 1. The third kappa shape index (κ3) is 2.37. The van der Waals surface area contributed by atoms with E-state index in [4.69, 9.17) is 15.2 Å². The van der Waals surface area contributed by atoms with Crippen LogP contribution in [0.15, 0.2) is 42.5 Å². The molecule has 104 valence electrons. The number of nitrogens with two attached hydrogens (primary N) is 1. The molecule has 2 aromatic carbocycles. The Morgan fingerprint density at radius 1 is 1.15 bits per heavy atom. The standard InChI is InChI=1S/C17H19NO2/c1-11-7-8-12(2)15(9-11)20-16-10-19-14-6-4-3-5-13(14)17(16)18/h3-9,16-17H,10,18H2,1-2H3. The number of ether oxygens (including phenoxy) is 2. The molecule has 2 atom stereocenters. The molecular weight excluding hydrogens is 250 g/mol. The Kier molecular flexibility index (Phi) is 3.36. The maximum Gasteiger partial charge on any atom is 0.152 e. The largest absolute Gasteiger partial charge is 0.489 e. The minimum atomic E-state index is -0.167. The fourth-order valence-electron chi connectivity index (χ4n) is 2.47. The van der Waals surface area contributed by atoms with Crippen molar-refractivity contribution in [3.63, 3.8) is 0 Å². The van der Waals surface area contributed by atoms with Crippen LogP contribution in [0.2, 0.25) is 0 Å². The van der Waals surface area contributed by atoms with Crippen LogP contribution in [0.5, 0.6) is 11.5 Å². The second kappa shape index (κ2) is 5.17. The zero-order valence-electron chi connectivity index (χ0n) is 11.8. The number of hydrogen-bond donors (Lipinski definition) is 1. The molecule has 3 nitrogen and oxygen atoms in total. The molecule has 0 aromatic heterocycles. The van der Waals surface area contributed by atoms with Crippen molar-refractivity contribution in [1.29, 1.82) is 0 Å². The van der Waals surface area contributed by atoms with Gasteiger partial charge in [0.1, 0.15) is 18.1 Å². The number of aryl methyl sites for hydroxylation is 2. The average Bonchev–Trinajstić information content (AvgIpc) is 2.46. The van der Waals surface area contributed by atoms with Crippen molar-refractivity contribution in [1.82, 2.24) is 0 Å². The quantitative estimate of drug-likeness (QED) is 0.911. The lowest BCUT2D eigenvalue weighted by Gasteiger charge is -2.31. The molecule has 2 unspecified atom stereocenters. The van der Waals surface area contributed by atoms with E-state index >= 15 is 0 Å². The van der Waals surface area contributed by atoms with E-state index in [9.17, 15) is 0 Å². The van der Waals surface area contributed by atoms with Crippen molar-refractivity contribution >= 4 is 0 Å². The van der Waals surface area contributed by atoms with Gasteiger partial charge in [-0.15, -0.1) is 0 Å². The summed E-state index contributed by atoms with van der Waals surface area (Å²) in [6.45, 7) is 4.57. The maximum absolute atomic E-state index is 6.32. The molecule has 3 rings (SSSR count). The first-order valence-corrected chi connectivity index (χ1v) is 6.86. The molecule has 0 fully saturated rings. The predicted molar refractivity (Wildman–Crippen MR) is 79.2 cm³/mol. The van der Waals surface area contributed by atoms with Crippen LogP contribution in [0.4, 0.5) is 0 Å². The summed E-state index contributed by atoms with van der Waals surface area (Å²) in [5.41, 5.74) is 9.62. The monoisotopic (exact) mass is 269 g/mol. The van der Waals surface area contributed by atoms with Crippen molar-refractivity contribution in [2.45, 2.75) is 26.0 Å². The average molecular weight is 269 g/mol. The van der Waals surface area contributed by atoms with Crippen LogP contribution < -0.4 is 15.2 Å². The summed E-state index contributed by atoms with van der Waals surface area (Å²) < 4.78 is 11.8. The minimum Gasteiger partial charge on any atom is -0.489 e. The fourth-order valence-corrected chi connectivity index (χ4v) is 2.47. The third-order valence-corrected chi connectivity index (χ3v) is 3.70. The highest BCUT2D eigenvalue weighted by Gasteiger charge is 2.29. The minimum absolute atomic E-state index is 0.162. The summed E-state index contributed by atoms with van der Waals surface area (Å²) in [6.07, 6.45) is -0.162. The van der Waals surface area contributed by atoms with E-state index in [1.54, 1.807) is 0 Å². The first-order chi connectivity index (χ1) is 9.65. The van der Waals surface area contributed by atoms with Crippen LogP contribution in [0.3, 0.4) is 0 Å². The summed E-state index contributed by atoms with van der Waals surface area (Å²) in [7, 11) is 0. The van der Waals surface area contributed by atoms with Gasteiger partial charge in [-0.2, -0.15) is 0 Å². The molecule has 0 saturated carbocycles. The Hall–Kier alpha value is -2.00. The van der Waals surface area contributed by atoms with E-state index in [1.165, 1.54) is 5.56 Å². The Labute approximate surface area is 119 Å². The van der Waals surface area contributed by atoms with Gasteiger partial charge in [-0.05, 0) is 37.1 Å². The smallest absolute Gasteiger partial charge is 0.152 e. The van der Waals surface area contributed by atoms with Gasteiger partial charge >= 0.3 is 0 Å². The number of rotatable bonds is 2. The highest BCUT2D eigenvalue weighted by Crippen LogP contribution is 2.33. The second-order valence-electron chi connectivity index (χ2n) is 5.30. The first-order valence-electron chi connectivity index (χ1n) is 6.86. The van der Waals surface area contributed by atoms with Crippen molar-refractivity contribution in [2.24, 2.45) is 5.73 Å². The summed E-state index contributed by atoms with van der Waals surface area (Å²) in [5, 5.41) is 0. The van der Waals surface area contributed by atoms with Gasteiger partial charge in [0.2, 0.25) is 0 Å². The van der Waals surface area contributed by atoms with Gasteiger partial charge < -0.3 is 15.2 Å². The molecule has 1 aliphatic heterocycles. The molecule has 0 saturated heterocycles. The lowest BCUT2D eigenvalue weighted by molar-refractivity contribution is 0.0872. The Bertz CT molecular complexity index is 624. The topological polar surface area (TPSA) is 44.5 Å². The van der Waals surface area contributed by atoms with Crippen molar-refractivity contribution < 1.29 is 9.47 Å². The summed E-state index contributed by atoms with van der Waals surface area (Å²) in [5.74, 6) is 1.74. The normalized spacial score (nSPS) is 20.9. The molecular formula is C17H19NO2. The Balaban J connectivity index is 1.84. The molecule has 1 aliphatic rings. The van der Waals surface area contributed by atoms with Gasteiger partial charge in [0.15, 0.2) is 6.10 Å². The van der Waals surface area contributed by atoms with Gasteiger partial charge in [0.05, 0.1) is 6.04 Å². The molecule has 0 spiro atoms. The lowest BCUT2D eigenvalue weighted by Crippen LogP contribution is -2.40. The maximum atomic E-state index is 6.32.